The summed E-state index contributed by atoms with van der Waals surface area (Å²) in [6.45, 7) is 3.84. The maximum Gasteiger partial charge on any atom is 0.282 e. The Bertz CT molecular complexity index is 1050. The van der Waals surface area contributed by atoms with Gasteiger partial charge in [0.1, 0.15) is 11.8 Å². The number of aryl methyl sites for hydroxylation is 1. The molecule has 0 saturated heterocycles. The number of carbonyl (C=O) groups excluding carboxylic acids is 1. The van der Waals surface area contributed by atoms with Crippen LogP contribution in [0.3, 0.4) is 0 Å². The molecule has 0 aliphatic rings. The predicted molar refractivity (Wildman–Crippen MR) is 119 cm³/mol. The Morgan fingerprint density at radius 2 is 1.68 bits per heavy atom. The molecule has 0 bridgehead atoms. The molecule has 0 unspecified atom stereocenters. The van der Waals surface area contributed by atoms with Crippen LogP contribution in [0.25, 0.3) is 0 Å². The molecule has 0 spiro atoms. The topological polar surface area (TPSA) is 98.1 Å². The minimum Gasteiger partial charge on any atom is -0.495 e. The second-order valence-corrected chi connectivity index (χ2v) is 7.41. The van der Waals surface area contributed by atoms with E-state index in [4.69, 9.17) is 4.74 Å². The number of ether oxygens (including phenoxy) is 1. The number of nitrogens with one attached hydrogen (secondary N) is 1. The molecule has 0 aliphatic carbocycles. The summed E-state index contributed by atoms with van der Waals surface area (Å²) in [5, 5.41) is 15.9. The van der Waals surface area contributed by atoms with Crippen LogP contribution in [0.2, 0.25) is 0 Å². The number of amides is 1. The number of hydrogen-bond acceptors (Lipinski definition) is 4. The van der Waals surface area contributed by atoms with Crippen LogP contribution in [0.5, 0.6) is 5.75 Å². The van der Waals surface area contributed by atoms with E-state index < -0.39 is 11.0 Å². The summed E-state index contributed by atoms with van der Waals surface area (Å²) < 4.78 is 5.24. The Labute approximate surface area is 181 Å². The third-order valence-corrected chi connectivity index (χ3v) is 5.14. The molecule has 0 aliphatic heterocycles. The van der Waals surface area contributed by atoms with Crippen LogP contribution in [-0.4, -0.2) is 24.0 Å². The van der Waals surface area contributed by atoms with E-state index in [2.05, 4.69) is 29.6 Å². The highest BCUT2D eigenvalue weighted by Crippen LogP contribution is 2.29. The summed E-state index contributed by atoms with van der Waals surface area (Å²) in [6.07, 6.45) is 0. The van der Waals surface area contributed by atoms with Gasteiger partial charge in [0.25, 0.3) is 11.6 Å². The number of carbonyl (C=O) groups is 1. The van der Waals surface area contributed by atoms with Crippen LogP contribution >= 0.6 is 0 Å². The van der Waals surface area contributed by atoms with Gasteiger partial charge in [0.2, 0.25) is 0 Å². The summed E-state index contributed by atoms with van der Waals surface area (Å²) >= 11 is 0. The number of quaternary nitrogens is 1. The fourth-order valence-corrected chi connectivity index (χ4v) is 3.38. The molecule has 3 N–H and O–H groups in total. The van der Waals surface area contributed by atoms with Crippen molar-refractivity contribution in [3.05, 3.63) is 99.6 Å². The van der Waals surface area contributed by atoms with Gasteiger partial charge < -0.3 is 15.4 Å². The molecule has 7 heteroatoms. The number of nitrogens with two attached hydrogens (primary N) is 1. The summed E-state index contributed by atoms with van der Waals surface area (Å²) in [7, 11) is 1.45. The Morgan fingerprint density at radius 1 is 1.03 bits per heavy atom. The number of methoxy groups -OCH3 is 1. The first-order valence-corrected chi connectivity index (χ1v) is 9.99. The minimum absolute atomic E-state index is 0.0745. The maximum atomic E-state index is 12.9. The van der Waals surface area contributed by atoms with E-state index in [9.17, 15) is 14.9 Å². The number of nitro benzene ring substituents is 1. The maximum absolute atomic E-state index is 12.9. The highest BCUT2D eigenvalue weighted by molar-refractivity contribution is 5.95. The first kappa shape index (κ1) is 22.0. The molecular formula is C24H26N3O4+. The number of benzene rings is 3. The fourth-order valence-electron chi connectivity index (χ4n) is 3.38. The van der Waals surface area contributed by atoms with Gasteiger partial charge in [-0.25, -0.2) is 0 Å². The third kappa shape index (κ3) is 5.46. The average molecular weight is 420 g/mol. The number of anilines is 1. The van der Waals surface area contributed by atoms with Crippen molar-refractivity contribution in [1.82, 2.24) is 0 Å². The Hall–Kier alpha value is -3.71. The minimum atomic E-state index is -0.506. The predicted octanol–water partition coefficient (Wildman–Crippen LogP) is 3.59. The van der Waals surface area contributed by atoms with E-state index in [0.29, 0.717) is 5.75 Å². The molecule has 0 saturated carbocycles. The highest BCUT2D eigenvalue weighted by atomic mass is 16.6. The van der Waals surface area contributed by atoms with Gasteiger partial charge in [0.05, 0.1) is 17.7 Å². The molecule has 7 nitrogen and oxygen atoms in total. The smallest absolute Gasteiger partial charge is 0.282 e. The van der Waals surface area contributed by atoms with Crippen LogP contribution in [0.4, 0.5) is 11.4 Å². The number of rotatable bonds is 8. The van der Waals surface area contributed by atoms with E-state index in [1.165, 1.54) is 30.9 Å². The van der Waals surface area contributed by atoms with Crippen LogP contribution in [0.1, 0.15) is 29.7 Å². The van der Waals surface area contributed by atoms with Gasteiger partial charge in [-0.2, -0.15) is 0 Å². The largest absolute Gasteiger partial charge is 0.495 e. The van der Waals surface area contributed by atoms with Gasteiger partial charge in [0, 0.05) is 23.3 Å². The fraction of sp³-hybridized carbons (Fsp3) is 0.208. The van der Waals surface area contributed by atoms with Crippen molar-refractivity contribution in [3.63, 3.8) is 0 Å². The standard InChI is InChI=1S/C24H25N3O4/c1-16-9-11-19(12-10-16)23(18-7-5-4-6-8-18)25-17(2)24(28)26-21-15-20(27(29)30)13-14-22(21)31-3/h4-15,17,23,25H,1-3H3,(H,26,28)/p+1/t17-,23+/m0/s1. The molecule has 31 heavy (non-hydrogen) atoms. The molecule has 3 aromatic carbocycles. The van der Waals surface area contributed by atoms with E-state index in [1.807, 2.05) is 49.5 Å². The lowest BCUT2D eigenvalue weighted by molar-refractivity contribution is -0.704. The monoisotopic (exact) mass is 420 g/mol. The van der Waals surface area contributed by atoms with Gasteiger partial charge >= 0.3 is 0 Å². The number of non-ortho nitro benzene ring substituents is 1. The molecule has 3 aromatic rings. The second kappa shape index (κ2) is 9.86. The SMILES string of the molecule is COc1ccc([N+](=O)[O-])cc1NC(=O)[C@H](C)[NH2+][C@H](c1ccccc1)c1ccc(C)cc1. The molecule has 0 fully saturated rings. The molecular weight excluding hydrogens is 394 g/mol. The molecule has 1 amide bonds. The Morgan fingerprint density at radius 3 is 2.29 bits per heavy atom. The van der Waals surface area contributed by atoms with Gasteiger partial charge in [-0.05, 0) is 19.9 Å². The van der Waals surface area contributed by atoms with Gasteiger partial charge in [0.15, 0.2) is 6.04 Å². The molecule has 160 valence electrons. The van der Waals surface area contributed by atoms with Crippen LogP contribution in [0, 0.1) is 17.0 Å². The van der Waals surface area contributed by atoms with Crippen molar-refractivity contribution in [2.75, 3.05) is 12.4 Å². The van der Waals surface area contributed by atoms with Gasteiger partial charge in [-0.15, -0.1) is 0 Å². The average Bonchev–Trinajstić information content (AvgIpc) is 2.78. The summed E-state index contributed by atoms with van der Waals surface area (Å²) in [4.78, 5) is 23.5. The van der Waals surface area contributed by atoms with Crippen molar-refractivity contribution in [1.29, 1.82) is 0 Å². The highest BCUT2D eigenvalue weighted by Gasteiger charge is 2.26. The van der Waals surface area contributed by atoms with Crippen LogP contribution in [0.15, 0.2) is 72.8 Å². The van der Waals surface area contributed by atoms with E-state index in [-0.39, 0.29) is 23.3 Å². The quantitative estimate of drug-likeness (QED) is 0.430. The molecule has 0 heterocycles. The first-order valence-electron chi connectivity index (χ1n) is 9.99. The molecule has 2 atom stereocenters. The zero-order valence-corrected chi connectivity index (χ0v) is 17.7. The lowest BCUT2D eigenvalue weighted by Crippen LogP contribution is -2.92. The van der Waals surface area contributed by atoms with E-state index in [0.717, 1.165) is 11.1 Å². The molecule has 3 rings (SSSR count). The third-order valence-electron chi connectivity index (χ3n) is 5.14. The summed E-state index contributed by atoms with van der Waals surface area (Å²) in [5.74, 6) is 0.0936. The summed E-state index contributed by atoms with van der Waals surface area (Å²) in [5.41, 5.74) is 3.49. The molecule has 0 radical (unpaired) electrons. The van der Waals surface area contributed by atoms with E-state index >= 15 is 0 Å². The molecule has 0 aromatic heterocycles. The van der Waals surface area contributed by atoms with Crippen molar-refractivity contribution < 1.29 is 19.8 Å². The Kier molecular flexibility index (Phi) is 6.99. The van der Waals surface area contributed by atoms with Crippen molar-refractivity contribution in [2.24, 2.45) is 0 Å². The zero-order chi connectivity index (χ0) is 22.4. The van der Waals surface area contributed by atoms with Crippen molar-refractivity contribution >= 4 is 17.3 Å². The van der Waals surface area contributed by atoms with Crippen LogP contribution in [-0.2, 0) is 4.79 Å². The van der Waals surface area contributed by atoms with Crippen molar-refractivity contribution in [3.8, 4) is 5.75 Å². The second-order valence-electron chi connectivity index (χ2n) is 7.41. The first-order chi connectivity index (χ1) is 14.9. The summed E-state index contributed by atoms with van der Waals surface area (Å²) in [6, 6.07) is 21.8. The number of nitro groups is 1. The van der Waals surface area contributed by atoms with E-state index in [1.54, 1.807) is 0 Å². The van der Waals surface area contributed by atoms with Crippen molar-refractivity contribution in [2.45, 2.75) is 25.9 Å². The van der Waals surface area contributed by atoms with Gasteiger partial charge in [-0.1, -0.05) is 60.2 Å². The zero-order valence-electron chi connectivity index (χ0n) is 17.7. The lowest BCUT2D eigenvalue weighted by Gasteiger charge is -2.21. The van der Waals surface area contributed by atoms with Gasteiger partial charge in [-0.3, -0.25) is 14.9 Å². The lowest BCUT2D eigenvalue weighted by atomic mass is 9.97. The normalized spacial score (nSPS) is 12.6. The number of hydrogen-bond donors (Lipinski definition) is 2. The number of nitrogens with zero attached hydrogens (tertiary/aromatic N) is 1. The Balaban J connectivity index is 1.83. The van der Waals surface area contributed by atoms with Crippen LogP contribution < -0.4 is 15.4 Å².